The molecule has 0 spiro atoms. The molecule has 176 valence electrons. The molecule has 0 aliphatic carbocycles. The molecule has 0 saturated carbocycles. The standard InChI is InChI=1S/C26H26N2O5S/c1-16-6-9-22-21(12-16)27-26(29)20-14-25(34(30,31)28-10-4-5-11-28)24(15-23(20)33-22)32-19-8-7-17(2)18(3)13-19/h6-9,12-15H,4-5,10-11H2,1-3H3,(H,27,29). The third-order valence-electron chi connectivity index (χ3n) is 6.28. The van der Waals surface area contributed by atoms with Gasteiger partial charge in [-0.15, -0.1) is 0 Å². The van der Waals surface area contributed by atoms with Crippen LogP contribution in [0.2, 0.25) is 0 Å². The Labute approximate surface area is 199 Å². The normalized spacial score (nSPS) is 15.7. The second kappa shape index (κ2) is 8.45. The van der Waals surface area contributed by atoms with E-state index in [-0.39, 0.29) is 22.0 Å². The van der Waals surface area contributed by atoms with Crippen molar-refractivity contribution >= 4 is 21.6 Å². The van der Waals surface area contributed by atoms with Gasteiger partial charge in [0.05, 0.1) is 11.3 Å². The molecule has 7 nitrogen and oxygen atoms in total. The molecule has 0 aromatic heterocycles. The van der Waals surface area contributed by atoms with Crippen molar-refractivity contribution in [3.8, 4) is 23.0 Å². The topological polar surface area (TPSA) is 84.9 Å². The van der Waals surface area contributed by atoms with Gasteiger partial charge in [-0.05, 0) is 80.6 Å². The van der Waals surface area contributed by atoms with Crippen LogP contribution in [-0.2, 0) is 10.0 Å². The highest BCUT2D eigenvalue weighted by molar-refractivity contribution is 7.89. The predicted molar refractivity (Wildman–Crippen MR) is 130 cm³/mol. The first-order valence-corrected chi connectivity index (χ1v) is 12.7. The van der Waals surface area contributed by atoms with Gasteiger partial charge in [-0.1, -0.05) is 12.1 Å². The van der Waals surface area contributed by atoms with Crippen LogP contribution in [0.4, 0.5) is 5.69 Å². The number of hydrogen-bond acceptors (Lipinski definition) is 5. The average molecular weight is 479 g/mol. The second-order valence-corrected chi connectivity index (χ2v) is 10.7. The lowest BCUT2D eigenvalue weighted by Gasteiger charge is -2.20. The number of carbonyl (C=O) groups is 1. The van der Waals surface area contributed by atoms with Gasteiger partial charge in [0.15, 0.2) is 11.5 Å². The van der Waals surface area contributed by atoms with Crippen molar-refractivity contribution in [2.75, 3.05) is 18.4 Å². The molecule has 2 heterocycles. The summed E-state index contributed by atoms with van der Waals surface area (Å²) >= 11 is 0. The molecular formula is C26H26N2O5S. The number of ether oxygens (including phenoxy) is 2. The van der Waals surface area contributed by atoms with E-state index in [2.05, 4.69) is 5.32 Å². The first-order chi connectivity index (χ1) is 16.2. The molecule has 8 heteroatoms. The summed E-state index contributed by atoms with van der Waals surface area (Å²) < 4.78 is 40.8. The molecule has 34 heavy (non-hydrogen) atoms. The molecule has 3 aromatic carbocycles. The maximum absolute atomic E-state index is 13.6. The lowest BCUT2D eigenvalue weighted by atomic mass is 10.1. The van der Waals surface area contributed by atoms with Gasteiger partial charge in [-0.2, -0.15) is 4.31 Å². The van der Waals surface area contributed by atoms with E-state index >= 15 is 0 Å². The molecule has 0 unspecified atom stereocenters. The van der Waals surface area contributed by atoms with Crippen molar-refractivity contribution in [3.05, 3.63) is 70.8 Å². The number of rotatable bonds is 4. The minimum atomic E-state index is -3.88. The Morgan fingerprint density at radius 2 is 1.68 bits per heavy atom. The summed E-state index contributed by atoms with van der Waals surface area (Å²) in [6.07, 6.45) is 1.60. The first kappa shape index (κ1) is 22.4. The largest absolute Gasteiger partial charge is 0.456 e. The fourth-order valence-electron chi connectivity index (χ4n) is 4.20. The number of aryl methyl sites for hydroxylation is 3. The van der Waals surface area contributed by atoms with Gasteiger partial charge in [-0.25, -0.2) is 8.42 Å². The number of amides is 1. The van der Waals surface area contributed by atoms with Gasteiger partial charge in [0.25, 0.3) is 5.91 Å². The maximum atomic E-state index is 13.6. The smallest absolute Gasteiger partial charge is 0.259 e. The van der Waals surface area contributed by atoms with Crippen LogP contribution in [-0.4, -0.2) is 31.7 Å². The Morgan fingerprint density at radius 3 is 2.41 bits per heavy atom. The maximum Gasteiger partial charge on any atom is 0.259 e. The van der Waals surface area contributed by atoms with Crippen LogP contribution in [0.25, 0.3) is 0 Å². The number of nitrogens with zero attached hydrogens (tertiary/aromatic N) is 1. The highest BCUT2D eigenvalue weighted by Gasteiger charge is 2.33. The molecule has 5 rings (SSSR count). The van der Waals surface area contributed by atoms with E-state index in [0.717, 1.165) is 29.5 Å². The number of fused-ring (bicyclic) bond motifs is 2. The van der Waals surface area contributed by atoms with Crippen molar-refractivity contribution in [1.82, 2.24) is 4.31 Å². The Balaban J connectivity index is 1.66. The molecule has 1 N–H and O–H groups in total. The minimum absolute atomic E-state index is 0.0488. The minimum Gasteiger partial charge on any atom is -0.456 e. The summed E-state index contributed by atoms with van der Waals surface area (Å²) in [5.41, 5.74) is 3.76. The van der Waals surface area contributed by atoms with Gasteiger partial charge in [-0.3, -0.25) is 4.79 Å². The molecule has 0 radical (unpaired) electrons. The molecule has 3 aromatic rings. The van der Waals surface area contributed by atoms with Crippen LogP contribution in [0.15, 0.2) is 53.4 Å². The molecule has 0 atom stereocenters. The van der Waals surface area contributed by atoms with E-state index in [1.807, 2.05) is 45.0 Å². The molecule has 2 aliphatic heterocycles. The summed E-state index contributed by atoms with van der Waals surface area (Å²) in [7, 11) is -3.88. The number of benzene rings is 3. The number of nitrogens with one attached hydrogen (secondary N) is 1. The zero-order valence-corrected chi connectivity index (χ0v) is 20.2. The summed E-state index contributed by atoms with van der Waals surface area (Å²) in [5.74, 6) is 0.909. The van der Waals surface area contributed by atoms with Crippen molar-refractivity contribution in [2.45, 2.75) is 38.5 Å². The molecule has 1 fully saturated rings. The van der Waals surface area contributed by atoms with E-state index in [9.17, 15) is 13.2 Å². The van der Waals surface area contributed by atoms with E-state index in [1.54, 1.807) is 12.1 Å². The Kier molecular flexibility index (Phi) is 5.58. The lowest BCUT2D eigenvalue weighted by Crippen LogP contribution is -2.28. The zero-order chi connectivity index (χ0) is 24.0. The summed E-state index contributed by atoms with van der Waals surface area (Å²) in [5, 5.41) is 2.84. The lowest BCUT2D eigenvalue weighted by molar-refractivity contribution is 0.102. The van der Waals surface area contributed by atoms with E-state index in [1.165, 1.54) is 16.4 Å². The summed E-state index contributed by atoms with van der Waals surface area (Å²) in [6.45, 7) is 6.76. The highest BCUT2D eigenvalue weighted by atomic mass is 32.2. The summed E-state index contributed by atoms with van der Waals surface area (Å²) in [4.78, 5) is 13.0. The van der Waals surface area contributed by atoms with Crippen LogP contribution < -0.4 is 14.8 Å². The van der Waals surface area contributed by atoms with Crippen LogP contribution in [0.1, 0.15) is 39.9 Å². The van der Waals surface area contributed by atoms with Gasteiger partial charge in [0, 0.05) is 19.2 Å². The van der Waals surface area contributed by atoms with Gasteiger partial charge in [0.2, 0.25) is 10.0 Å². The van der Waals surface area contributed by atoms with E-state index < -0.39 is 15.9 Å². The van der Waals surface area contributed by atoms with Gasteiger partial charge >= 0.3 is 0 Å². The molecular weight excluding hydrogens is 452 g/mol. The van der Waals surface area contributed by atoms with E-state index in [0.29, 0.717) is 30.3 Å². The fourth-order valence-corrected chi connectivity index (χ4v) is 5.83. The average Bonchev–Trinajstić information content (AvgIpc) is 3.30. The monoisotopic (exact) mass is 478 g/mol. The molecule has 1 saturated heterocycles. The first-order valence-electron chi connectivity index (χ1n) is 11.3. The number of sulfonamides is 1. The third kappa shape index (κ3) is 4.03. The van der Waals surface area contributed by atoms with Crippen molar-refractivity contribution < 1.29 is 22.7 Å². The Morgan fingerprint density at radius 1 is 0.912 bits per heavy atom. The van der Waals surface area contributed by atoms with Gasteiger partial charge < -0.3 is 14.8 Å². The third-order valence-corrected chi connectivity index (χ3v) is 8.20. The van der Waals surface area contributed by atoms with Crippen LogP contribution >= 0.6 is 0 Å². The molecule has 0 bridgehead atoms. The molecule has 2 aliphatic rings. The zero-order valence-electron chi connectivity index (χ0n) is 19.3. The quantitative estimate of drug-likeness (QED) is 0.532. The van der Waals surface area contributed by atoms with Crippen LogP contribution in [0.5, 0.6) is 23.0 Å². The number of carbonyl (C=O) groups excluding carboxylic acids is 1. The predicted octanol–water partition coefficient (Wildman–Crippen LogP) is 5.55. The second-order valence-electron chi connectivity index (χ2n) is 8.81. The van der Waals surface area contributed by atoms with Crippen molar-refractivity contribution in [1.29, 1.82) is 0 Å². The van der Waals surface area contributed by atoms with E-state index in [4.69, 9.17) is 9.47 Å². The SMILES string of the molecule is Cc1ccc2c(c1)NC(=O)c1cc(S(=O)(=O)N3CCCC3)c(Oc3ccc(C)c(C)c3)cc1O2. The van der Waals surface area contributed by atoms with Crippen LogP contribution in [0.3, 0.4) is 0 Å². The van der Waals surface area contributed by atoms with Crippen molar-refractivity contribution in [3.63, 3.8) is 0 Å². The number of anilines is 1. The van der Waals surface area contributed by atoms with Crippen molar-refractivity contribution in [2.24, 2.45) is 0 Å². The Hall–Kier alpha value is -3.36. The van der Waals surface area contributed by atoms with Crippen LogP contribution in [0, 0.1) is 20.8 Å². The highest BCUT2D eigenvalue weighted by Crippen LogP contribution is 2.42. The summed E-state index contributed by atoms with van der Waals surface area (Å²) in [6, 6.07) is 13.9. The van der Waals surface area contributed by atoms with Gasteiger partial charge in [0.1, 0.15) is 16.4 Å². The molecule has 1 amide bonds. The Bertz CT molecular complexity index is 1410. The number of hydrogen-bond donors (Lipinski definition) is 1. The fraction of sp³-hybridized carbons (Fsp3) is 0.269.